The molecule has 0 aliphatic heterocycles. The molecule has 0 saturated carbocycles. The van der Waals surface area contributed by atoms with Crippen LogP contribution in [-0.2, 0) is 0 Å². The van der Waals surface area contributed by atoms with Gasteiger partial charge < -0.3 is 4.90 Å². The summed E-state index contributed by atoms with van der Waals surface area (Å²) in [4.78, 5) is 2.00. The molecule has 0 heterocycles. The molecule has 0 bridgehead atoms. The lowest BCUT2D eigenvalue weighted by atomic mass is 10.0. The Balaban J connectivity index is -0.000000787. The maximum atomic E-state index is 2.83. The molecule has 1 atom stereocenters. The summed E-state index contributed by atoms with van der Waals surface area (Å²) in [6, 6.07) is 0. The summed E-state index contributed by atoms with van der Waals surface area (Å²) in [5.74, 6) is 0. The average molecular weight is 382 g/mol. The second kappa shape index (κ2) is 28.5. The molecular formula is C21H49ClNP. The predicted octanol–water partition coefficient (Wildman–Crippen LogP) is 7.72. The normalized spacial score (nSPS) is 10.2. The Morgan fingerprint density at radius 2 is 0.708 bits per heavy atom. The summed E-state index contributed by atoms with van der Waals surface area (Å²) >= 11 is 0. The van der Waals surface area contributed by atoms with Gasteiger partial charge in [-0.1, -0.05) is 103 Å². The van der Waals surface area contributed by atoms with Gasteiger partial charge in [-0.25, -0.2) is 0 Å². The fourth-order valence-electron chi connectivity index (χ4n) is 2.69. The fourth-order valence-corrected chi connectivity index (χ4v) is 2.98. The van der Waals surface area contributed by atoms with Gasteiger partial charge in [-0.3, -0.25) is 0 Å². The molecule has 0 saturated heterocycles. The minimum atomic E-state index is 0. The summed E-state index contributed by atoms with van der Waals surface area (Å²) in [5.41, 5.74) is 0. The third kappa shape index (κ3) is 38.3. The van der Waals surface area contributed by atoms with Crippen LogP contribution < -0.4 is 0 Å². The lowest BCUT2D eigenvalue weighted by Crippen LogP contribution is -1.99. The third-order valence-corrected chi connectivity index (χ3v) is 4.47. The Bertz CT molecular complexity index is 170. The number of nitrogens with zero attached hydrogens (tertiary/aromatic N) is 1. The van der Waals surface area contributed by atoms with Crippen molar-refractivity contribution >= 4 is 21.6 Å². The minimum absolute atomic E-state index is 0. The SMILES string of the molecule is CCCCCCCCCCCCCCCCCCP.CN(C)C.Cl. The molecule has 0 aliphatic rings. The average Bonchev–Trinajstić information content (AvgIpc) is 2.50. The van der Waals surface area contributed by atoms with Crippen LogP contribution in [0.1, 0.15) is 110 Å². The number of hydrogen-bond acceptors (Lipinski definition) is 1. The molecular weight excluding hydrogens is 333 g/mol. The fraction of sp³-hybridized carbons (Fsp3) is 1.00. The highest BCUT2D eigenvalue weighted by atomic mass is 35.5. The summed E-state index contributed by atoms with van der Waals surface area (Å²) in [5, 5.41) is 0. The smallest absolute Gasteiger partial charge is 0.0140 e. The maximum Gasteiger partial charge on any atom is -0.0140 e. The van der Waals surface area contributed by atoms with E-state index in [0.29, 0.717) is 0 Å². The van der Waals surface area contributed by atoms with Crippen LogP contribution in [0.2, 0.25) is 0 Å². The zero-order chi connectivity index (χ0) is 17.6. The van der Waals surface area contributed by atoms with Crippen LogP contribution in [-0.4, -0.2) is 32.2 Å². The van der Waals surface area contributed by atoms with Crippen LogP contribution in [0.25, 0.3) is 0 Å². The van der Waals surface area contributed by atoms with Crippen molar-refractivity contribution in [3.8, 4) is 0 Å². The largest absolute Gasteiger partial charge is 0.312 e. The van der Waals surface area contributed by atoms with Crippen LogP contribution in [0.4, 0.5) is 0 Å². The van der Waals surface area contributed by atoms with Crippen molar-refractivity contribution < 1.29 is 0 Å². The Labute approximate surface area is 163 Å². The van der Waals surface area contributed by atoms with Crippen molar-refractivity contribution in [2.45, 2.75) is 110 Å². The summed E-state index contributed by atoms with van der Waals surface area (Å²) in [7, 11) is 8.83. The van der Waals surface area contributed by atoms with Gasteiger partial charge in [-0.05, 0) is 33.7 Å². The highest BCUT2D eigenvalue weighted by molar-refractivity contribution is 7.16. The van der Waals surface area contributed by atoms with Gasteiger partial charge in [0, 0.05) is 0 Å². The van der Waals surface area contributed by atoms with Crippen molar-refractivity contribution in [1.82, 2.24) is 4.90 Å². The van der Waals surface area contributed by atoms with Gasteiger partial charge in [-0.2, -0.15) is 0 Å². The number of halogens is 1. The lowest BCUT2D eigenvalue weighted by Gasteiger charge is -2.03. The van der Waals surface area contributed by atoms with E-state index < -0.39 is 0 Å². The Hall–Kier alpha value is 0.680. The van der Waals surface area contributed by atoms with E-state index in [4.69, 9.17) is 0 Å². The molecule has 0 rings (SSSR count). The van der Waals surface area contributed by atoms with E-state index in [9.17, 15) is 0 Å². The van der Waals surface area contributed by atoms with Crippen LogP contribution in [0.5, 0.6) is 0 Å². The molecule has 0 aromatic heterocycles. The molecule has 0 radical (unpaired) electrons. The molecule has 0 spiro atoms. The van der Waals surface area contributed by atoms with Crippen LogP contribution >= 0.6 is 21.6 Å². The van der Waals surface area contributed by atoms with Gasteiger partial charge in [0.2, 0.25) is 0 Å². The predicted molar refractivity (Wildman–Crippen MR) is 121 cm³/mol. The van der Waals surface area contributed by atoms with Crippen molar-refractivity contribution in [3.63, 3.8) is 0 Å². The van der Waals surface area contributed by atoms with Gasteiger partial charge >= 0.3 is 0 Å². The van der Waals surface area contributed by atoms with Crippen LogP contribution in [0, 0.1) is 0 Å². The third-order valence-electron chi connectivity index (χ3n) is 4.06. The zero-order valence-electron chi connectivity index (χ0n) is 17.5. The van der Waals surface area contributed by atoms with Crippen LogP contribution in [0.15, 0.2) is 0 Å². The molecule has 1 nitrogen and oxygen atoms in total. The second-order valence-electron chi connectivity index (χ2n) is 7.43. The first-order valence-corrected chi connectivity index (χ1v) is 11.3. The summed E-state index contributed by atoms with van der Waals surface area (Å²) in [6.07, 6.45) is 24.7. The summed E-state index contributed by atoms with van der Waals surface area (Å²) in [6.45, 7) is 2.29. The van der Waals surface area contributed by atoms with Gasteiger partial charge in [-0.15, -0.1) is 21.6 Å². The molecule has 0 aromatic rings. The van der Waals surface area contributed by atoms with Crippen molar-refractivity contribution in [2.24, 2.45) is 0 Å². The maximum absolute atomic E-state index is 2.83. The van der Waals surface area contributed by atoms with Gasteiger partial charge in [0.05, 0.1) is 0 Å². The molecule has 0 amide bonds. The number of unbranched alkanes of at least 4 members (excludes halogenated alkanes) is 15. The molecule has 1 unspecified atom stereocenters. The van der Waals surface area contributed by atoms with Gasteiger partial charge in [0.1, 0.15) is 0 Å². The Morgan fingerprint density at radius 3 is 0.917 bits per heavy atom. The molecule has 0 aromatic carbocycles. The van der Waals surface area contributed by atoms with Crippen molar-refractivity contribution in [2.75, 3.05) is 27.3 Å². The first-order valence-electron chi connectivity index (χ1n) is 10.5. The van der Waals surface area contributed by atoms with E-state index in [1.165, 1.54) is 109 Å². The standard InChI is InChI=1S/C18H39P.C3H9N.ClH/c1-2-3-4-5-6-7-8-9-10-11-12-13-14-15-16-17-18-19;1-4(2)3;/h2-19H2,1H3;1-3H3;1H. The molecule has 24 heavy (non-hydrogen) atoms. The Morgan fingerprint density at radius 1 is 0.500 bits per heavy atom. The summed E-state index contributed by atoms with van der Waals surface area (Å²) < 4.78 is 0. The number of rotatable bonds is 16. The zero-order valence-corrected chi connectivity index (χ0v) is 19.4. The topological polar surface area (TPSA) is 3.24 Å². The van der Waals surface area contributed by atoms with E-state index in [2.05, 4.69) is 16.2 Å². The molecule has 0 N–H and O–H groups in total. The van der Waals surface area contributed by atoms with Crippen molar-refractivity contribution in [1.29, 1.82) is 0 Å². The highest BCUT2D eigenvalue weighted by Crippen LogP contribution is 2.13. The first-order chi connectivity index (χ1) is 11.1. The quantitative estimate of drug-likeness (QED) is 0.195. The Kier molecular flexibility index (Phi) is 34.9. The van der Waals surface area contributed by atoms with Crippen LogP contribution in [0.3, 0.4) is 0 Å². The van der Waals surface area contributed by atoms with E-state index in [1.54, 1.807) is 0 Å². The second-order valence-corrected chi connectivity index (χ2v) is 8.01. The minimum Gasteiger partial charge on any atom is -0.312 e. The highest BCUT2D eigenvalue weighted by Gasteiger charge is 1.94. The van der Waals surface area contributed by atoms with E-state index >= 15 is 0 Å². The monoisotopic (exact) mass is 381 g/mol. The van der Waals surface area contributed by atoms with E-state index in [0.717, 1.165) is 0 Å². The van der Waals surface area contributed by atoms with Gasteiger partial charge in [0.15, 0.2) is 0 Å². The number of hydrogen-bond donors (Lipinski definition) is 0. The molecule has 0 fully saturated rings. The van der Waals surface area contributed by atoms with E-state index in [1.807, 2.05) is 26.0 Å². The van der Waals surface area contributed by atoms with E-state index in [-0.39, 0.29) is 12.4 Å². The lowest BCUT2D eigenvalue weighted by molar-refractivity contribution is 0.505. The first kappa shape index (κ1) is 29.4. The van der Waals surface area contributed by atoms with Gasteiger partial charge in [0.25, 0.3) is 0 Å². The molecule has 150 valence electrons. The van der Waals surface area contributed by atoms with Crippen molar-refractivity contribution in [3.05, 3.63) is 0 Å². The molecule has 3 heteroatoms. The molecule has 0 aliphatic carbocycles.